The lowest BCUT2D eigenvalue weighted by Gasteiger charge is -2.31. The molecule has 150 valence electrons. The Morgan fingerprint density at radius 3 is 2.19 bits per heavy atom. The maximum atomic E-state index is 12.8. The molecule has 8 heteroatoms. The van der Waals surface area contributed by atoms with Crippen molar-refractivity contribution in [2.24, 2.45) is 5.92 Å². The number of rotatable bonds is 7. The minimum Gasteiger partial charge on any atom is -0.481 e. The van der Waals surface area contributed by atoms with Crippen LogP contribution in [0.25, 0.3) is 0 Å². The highest BCUT2D eigenvalue weighted by Gasteiger charge is 2.32. The summed E-state index contributed by atoms with van der Waals surface area (Å²) in [5, 5.41) is 11.5. The van der Waals surface area contributed by atoms with Crippen molar-refractivity contribution in [3.8, 4) is 0 Å². The van der Waals surface area contributed by atoms with E-state index in [0.717, 1.165) is 5.56 Å². The van der Waals surface area contributed by atoms with Crippen LogP contribution in [0.4, 0.5) is 0 Å². The average Bonchev–Trinajstić information content (AvgIpc) is 2.61. The first-order valence-electron chi connectivity index (χ1n) is 9.23. The summed E-state index contributed by atoms with van der Waals surface area (Å²) in [5.41, 5.74) is 1.08. The number of aliphatic carboxylic acids is 1. The van der Waals surface area contributed by atoms with E-state index in [1.807, 2.05) is 12.1 Å². The van der Waals surface area contributed by atoms with Crippen molar-refractivity contribution in [2.75, 3.05) is 13.1 Å². The fourth-order valence-electron chi connectivity index (χ4n) is 3.21. The molecule has 0 aromatic heterocycles. The first kappa shape index (κ1) is 21.4. The number of hydrogen-bond acceptors (Lipinski definition) is 4. The predicted octanol–water partition coefficient (Wildman–Crippen LogP) is 2.19. The van der Waals surface area contributed by atoms with E-state index in [4.69, 9.17) is 5.11 Å². The van der Waals surface area contributed by atoms with Crippen LogP contribution in [-0.4, -0.2) is 48.8 Å². The van der Waals surface area contributed by atoms with Crippen LogP contribution in [-0.2, 0) is 19.6 Å². The molecule has 1 aliphatic heterocycles. The first-order chi connectivity index (χ1) is 12.6. The van der Waals surface area contributed by atoms with Crippen molar-refractivity contribution in [3.05, 3.63) is 29.8 Å². The second-order valence-electron chi connectivity index (χ2n) is 7.41. The number of benzene rings is 1. The zero-order valence-corrected chi connectivity index (χ0v) is 16.8. The monoisotopic (exact) mass is 396 g/mol. The average molecular weight is 397 g/mol. The number of nitrogens with one attached hydrogen (secondary N) is 1. The van der Waals surface area contributed by atoms with Gasteiger partial charge in [0, 0.05) is 25.0 Å². The van der Waals surface area contributed by atoms with Crippen LogP contribution < -0.4 is 5.32 Å². The maximum Gasteiger partial charge on any atom is 0.305 e. The number of amides is 1. The lowest BCUT2D eigenvalue weighted by Crippen LogP contribution is -2.45. The molecule has 1 aromatic rings. The van der Waals surface area contributed by atoms with E-state index >= 15 is 0 Å². The molecule has 1 atom stereocenters. The Morgan fingerprint density at radius 2 is 1.70 bits per heavy atom. The molecule has 0 spiro atoms. The molecule has 0 bridgehead atoms. The number of nitrogens with zero attached hydrogens (tertiary/aromatic N) is 1. The summed E-state index contributed by atoms with van der Waals surface area (Å²) in [6, 6.07) is 6.49. The molecule has 1 amide bonds. The molecular formula is C19H28N2O5S. The first-order valence-corrected chi connectivity index (χ1v) is 10.7. The highest BCUT2D eigenvalue weighted by atomic mass is 32.2. The molecule has 2 rings (SSSR count). The van der Waals surface area contributed by atoms with Gasteiger partial charge in [-0.25, -0.2) is 8.42 Å². The SMILES string of the molecule is CC(CC(=O)O)NC(=O)C1CCN(S(=O)(=O)c2ccc(C(C)C)cc2)CC1. The van der Waals surface area contributed by atoms with Gasteiger partial charge in [-0.1, -0.05) is 26.0 Å². The van der Waals surface area contributed by atoms with Crippen molar-refractivity contribution in [1.29, 1.82) is 0 Å². The molecule has 0 saturated carbocycles. The van der Waals surface area contributed by atoms with Gasteiger partial charge < -0.3 is 10.4 Å². The van der Waals surface area contributed by atoms with E-state index in [-0.39, 0.29) is 36.2 Å². The smallest absolute Gasteiger partial charge is 0.305 e. The third-order valence-electron chi connectivity index (χ3n) is 4.88. The fraction of sp³-hybridized carbons (Fsp3) is 0.579. The lowest BCUT2D eigenvalue weighted by molar-refractivity contribution is -0.137. The number of carboxylic acids is 1. The van der Waals surface area contributed by atoms with Crippen LogP contribution >= 0.6 is 0 Å². The Morgan fingerprint density at radius 1 is 1.15 bits per heavy atom. The highest BCUT2D eigenvalue weighted by Crippen LogP contribution is 2.25. The van der Waals surface area contributed by atoms with Gasteiger partial charge in [-0.15, -0.1) is 0 Å². The van der Waals surface area contributed by atoms with Gasteiger partial charge in [-0.2, -0.15) is 4.31 Å². The molecule has 0 aliphatic carbocycles. The second-order valence-corrected chi connectivity index (χ2v) is 9.35. The van der Waals surface area contributed by atoms with E-state index in [1.54, 1.807) is 19.1 Å². The van der Waals surface area contributed by atoms with Gasteiger partial charge in [0.1, 0.15) is 0 Å². The summed E-state index contributed by atoms with van der Waals surface area (Å²) < 4.78 is 27.0. The normalized spacial score (nSPS) is 17.6. The number of hydrogen-bond donors (Lipinski definition) is 2. The summed E-state index contributed by atoms with van der Waals surface area (Å²) in [4.78, 5) is 23.2. The Hall–Kier alpha value is -1.93. The Kier molecular flexibility index (Phi) is 7.00. The van der Waals surface area contributed by atoms with E-state index in [2.05, 4.69) is 19.2 Å². The van der Waals surface area contributed by atoms with Gasteiger partial charge in [-0.05, 0) is 43.4 Å². The zero-order valence-electron chi connectivity index (χ0n) is 16.0. The molecule has 7 nitrogen and oxygen atoms in total. The minimum atomic E-state index is -3.57. The molecule has 27 heavy (non-hydrogen) atoms. The summed E-state index contributed by atoms with van der Waals surface area (Å²) in [5.74, 6) is -1.13. The third-order valence-corrected chi connectivity index (χ3v) is 6.79. The lowest BCUT2D eigenvalue weighted by atomic mass is 9.97. The van der Waals surface area contributed by atoms with Crippen LogP contribution in [0.1, 0.15) is 51.5 Å². The van der Waals surface area contributed by atoms with E-state index in [1.165, 1.54) is 4.31 Å². The van der Waals surface area contributed by atoms with Gasteiger partial charge in [-0.3, -0.25) is 9.59 Å². The van der Waals surface area contributed by atoms with Gasteiger partial charge >= 0.3 is 5.97 Å². The molecular weight excluding hydrogens is 368 g/mol. The predicted molar refractivity (Wildman–Crippen MR) is 102 cm³/mol. The molecule has 1 fully saturated rings. The van der Waals surface area contributed by atoms with Crippen LogP contribution in [0.5, 0.6) is 0 Å². The quantitative estimate of drug-likeness (QED) is 0.735. The molecule has 1 saturated heterocycles. The molecule has 0 radical (unpaired) electrons. The van der Waals surface area contributed by atoms with E-state index in [9.17, 15) is 18.0 Å². The number of carbonyl (C=O) groups is 2. The summed E-state index contributed by atoms with van der Waals surface area (Å²) >= 11 is 0. The van der Waals surface area contributed by atoms with Crippen molar-refractivity contribution < 1.29 is 23.1 Å². The van der Waals surface area contributed by atoms with Gasteiger partial charge in [0.25, 0.3) is 0 Å². The summed E-state index contributed by atoms with van der Waals surface area (Å²) in [6.07, 6.45) is 0.717. The number of piperidine rings is 1. The van der Waals surface area contributed by atoms with Crippen molar-refractivity contribution in [1.82, 2.24) is 9.62 Å². The third kappa shape index (κ3) is 5.52. The second kappa shape index (κ2) is 8.84. The van der Waals surface area contributed by atoms with Crippen LogP contribution in [0.2, 0.25) is 0 Å². The van der Waals surface area contributed by atoms with Gasteiger partial charge in [0.15, 0.2) is 0 Å². The molecule has 1 heterocycles. The van der Waals surface area contributed by atoms with Crippen molar-refractivity contribution in [3.63, 3.8) is 0 Å². The van der Waals surface area contributed by atoms with E-state index in [0.29, 0.717) is 18.8 Å². The molecule has 1 unspecified atom stereocenters. The molecule has 2 N–H and O–H groups in total. The van der Waals surface area contributed by atoms with Crippen LogP contribution in [0, 0.1) is 5.92 Å². The number of carboxylic acid groups (broad SMARTS) is 1. The number of sulfonamides is 1. The Balaban J connectivity index is 1.95. The van der Waals surface area contributed by atoms with Gasteiger partial charge in [0.05, 0.1) is 11.3 Å². The zero-order chi connectivity index (χ0) is 20.2. The summed E-state index contributed by atoms with van der Waals surface area (Å²) in [6.45, 7) is 6.30. The number of carbonyl (C=O) groups excluding carboxylic acids is 1. The fourth-order valence-corrected chi connectivity index (χ4v) is 4.68. The standard InChI is InChI=1S/C19H28N2O5S/c1-13(2)15-4-6-17(7-5-15)27(25,26)21-10-8-16(9-11-21)19(24)20-14(3)12-18(22)23/h4-7,13-14,16H,8-12H2,1-3H3,(H,20,24)(H,22,23). The maximum absolute atomic E-state index is 12.8. The van der Waals surface area contributed by atoms with Crippen molar-refractivity contribution >= 4 is 21.9 Å². The Labute approximate surface area is 160 Å². The molecule has 1 aliphatic rings. The van der Waals surface area contributed by atoms with Gasteiger partial charge in [0.2, 0.25) is 15.9 Å². The highest BCUT2D eigenvalue weighted by molar-refractivity contribution is 7.89. The Bertz CT molecular complexity index is 766. The molecule has 1 aromatic carbocycles. The van der Waals surface area contributed by atoms with Crippen molar-refractivity contribution in [2.45, 2.75) is 56.9 Å². The minimum absolute atomic E-state index is 0.134. The summed E-state index contributed by atoms with van der Waals surface area (Å²) in [7, 11) is -3.57. The van der Waals surface area contributed by atoms with E-state index < -0.39 is 22.0 Å². The van der Waals surface area contributed by atoms with Crippen LogP contribution in [0.15, 0.2) is 29.2 Å². The largest absolute Gasteiger partial charge is 0.481 e. The van der Waals surface area contributed by atoms with Crippen LogP contribution in [0.3, 0.4) is 0 Å². The topological polar surface area (TPSA) is 104 Å².